The maximum atomic E-state index is 12.4. The molecule has 124 valence electrons. The van der Waals surface area contributed by atoms with Crippen LogP contribution in [0.4, 0.5) is 4.79 Å². The molecule has 0 bridgehead atoms. The molecule has 1 fully saturated rings. The predicted octanol–water partition coefficient (Wildman–Crippen LogP) is 4.32. The van der Waals surface area contributed by atoms with Crippen LogP contribution in [-0.2, 0) is 9.53 Å². The van der Waals surface area contributed by atoms with Gasteiger partial charge in [-0.1, -0.05) is 29.8 Å². The van der Waals surface area contributed by atoms with Crippen molar-refractivity contribution in [3.8, 4) is 0 Å². The Morgan fingerprint density at radius 1 is 1.26 bits per heavy atom. The van der Waals surface area contributed by atoms with E-state index in [4.69, 9.17) is 16.3 Å². The van der Waals surface area contributed by atoms with Crippen LogP contribution in [0.1, 0.15) is 39.2 Å². The van der Waals surface area contributed by atoms with Crippen molar-refractivity contribution in [2.75, 3.05) is 6.54 Å². The van der Waals surface area contributed by atoms with Crippen molar-refractivity contribution >= 4 is 29.6 Å². The Labute approximate surface area is 142 Å². The molecule has 0 N–H and O–H groups in total. The van der Waals surface area contributed by atoms with Gasteiger partial charge in [-0.15, -0.1) is 0 Å². The summed E-state index contributed by atoms with van der Waals surface area (Å²) >= 11 is 5.84. The van der Waals surface area contributed by atoms with Gasteiger partial charge in [0.2, 0.25) is 0 Å². The van der Waals surface area contributed by atoms with E-state index in [9.17, 15) is 9.59 Å². The highest BCUT2D eigenvalue weighted by atomic mass is 35.5. The summed E-state index contributed by atoms with van der Waals surface area (Å²) in [4.78, 5) is 26.1. The fraction of sp³-hybridized carbons (Fsp3) is 0.444. The summed E-state index contributed by atoms with van der Waals surface area (Å²) in [6.07, 6.45) is 4.32. The molecule has 1 atom stereocenters. The molecule has 0 spiro atoms. The summed E-state index contributed by atoms with van der Waals surface area (Å²) in [6, 6.07) is 6.79. The molecule has 1 aromatic carbocycles. The maximum absolute atomic E-state index is 12.4. The van der Waals surface area contributed by atoms with Crippen LogP contribution in [-0.4, -0.2) is 35.0 Å². The molecule has 0 aliphatic carbocycles. The highest BCUT2D eigenvalue weighted by Crippen LogP contribution is 2.22. The Bertz CT molecular complexity index is 602. The summed E-state index contributed by atoms with van der Waals surface area (Å²) in [5.74, 6) is -0.0803. The Morgan fingerprint density at radius 3 is 2.52 bits per heavy atom. The van der Waals surface area contributed by atoms with E-state index >= 15 is 0 Å². The van der Waals surface area contributed by atoms with E-state index in [0.717, 1.165) is 12.0 Å². The summed E-state index contributed by atoms with van der Waals surface area (Å²) in [7, 11) is 0. The van der Waals surface area contributed by atoms with Crippen molar-refractivity contribution in [1.82, 2.24) is 4.90 Å². The normalized spacial score (nSPS) is 18.4. The van der Waals surface area contributed by atoms with Crippen LogP contribution in [0.5, 0.6) is 0 Å². The molecule has 0 aromatic heterocycles. The molecule has 2 rings (SSSR count). The van der Waals surface area contributed by atoms with Gasteiger partial charge in [0.25, 0.3) is 0 Å². The third-order valence-electron chi connectivity index (χ3n) is 3.52. The number of nitrogens with zero attached hydrogens (tertiary/aromatic N) is 1. The highest BCUT2D eigenvalue weighted by Gasteiger charge is 2.35. The Balaban J connectivity index is 2.02. The minimum Gasteiger partial charge on any atom is -0.444 e. The largest absolute Gasteiger partial charge is 0.444 e. The summed E-state index contributed by atoms with van der Waals surface area (Å²) < 4.78 is 5.37. The third kappa shape index (κ3) is 5.10. The zero-order valence-electron chi connectivity index (χ0n) is 13.7. The number of carbonyl (C=O) groups excluding carboxylic acids is 2. The van der Waals surface area contributed by atoms with Crippen LogP contribution in [0.3, 0.4) is 0 Å². The molecule has 23 heavy (non-hydrogen) atoms. The van der Waals surface area contributed by atoms with E-state index in [2.05, 4.69) is 0 Å². The molecule has 5 heteroatoms. The number of halogens is 1. The first kappa shape index (κ1) is 17.5. The lowest BCUT2D eigenvalue weighted by atomic mass is 10.1. The van der Waals surface area contributed by atoms with E-state index in [0.29, 0.717) is 18.0 Å². The number of hydrogen-bond acceptors (Lipinski definition) is 3. The van der Waals surface area contributed by atoms with Gasteiger partial charge in [-0.25, -0.2) is 4.79 Å². The number of benzene rings is 1. The summed E-state index contributed by atoms with van der Waals surface area (Å²) in [5, 5.41) is 0.653. The Hall–Kier alpha value is -1.81. The van der Waals surface area contributed by atoms with Gasteiger partial charge in [-0.2, -0.15) is 0 Å². The van der Waals surface area contributed by atoms with Gasteiger partial charge >= 0.3 is 6.09 Å². The predicted molar refractivity (Wildman–Crippen MR) is 91.5 cm³/mol. The van der Waals surface area contributed by atoms with Gasteiger partial charge in [0.15, 0.2) is 5.78 Å². The number of likely N-dealkylation sites (tertiary alicyclic amines) is 1. The van der Waals surface area contributed by atoms with Gasteiger partial charge in [0.1, 0.15) is 5.60 Å². The number of ether oxygens (including phenoxy) is 1. The molecule has 1 unspecified atom stereocenters. The number of hydrogen-bond donors (Lipinski definition) is 0. The smallest absolute Gasteiger partial charge is 0.410 e. The van der Waals surface area contributed by atoms with Gasteiger partial charge < -0.3 is 4.74 Å². The van der Waals surface area contributed by atoms with Crippen molar-refractivity contribution < 1.29 is 14.3 Å². The van der Waals surface area contributed by atoms with Gasteiger partial charge in [-0.05, 0) is 57.4 Å². The van der Waals surface area contributed by atoms with Crippen molar-refractivity contribution in [2.45, 2.75) is 45.3 Å². The lowest BCUT2D eigenvalue weighted by Crippen LogP contribution is -2.42. The SMILES string of the molecule is CC(C)(C)OC(=O)N1CCCC1C(=O)/C=C/c1ccc(Cl)cc1. The second-order valence-electron chi connectivity index (χ2n) is 6.62. The fourth-order valence-corrected chi connectivity index (χ4v) is 2.59. The van der Waals surface area contributed by atoms with Crippen molar-refractivity contribution in [1.29, 1.82) is 0 Å². The van der Waals surface area contributed by atoms with Crippen LogP contribution in [0.15, 0.2) is 30.3 Å². The molecule has 0 saturated carbocycles. The van der Waals surface area contributed by atoms with Crippen LogP contribution < -0.4 is 0 Å². The lowest BCUT2D eigenvalue weighted by Gasteiger charge is -2.27. The minimum absolute atomic E-state index is 0.0803. The zero-order chi connectivity index (χ0) is 17.0. The topological polar surface area (TPSA) is 46.6 Å². The quantitative estimate of drug-likeness (QED) is 0.773. The Kier molecular flexibility index (Phi) is 5.47. The van der Waals surface area contributed by atoms with Crippen LogP contribution in [0.25, 0.3) is 6.08 Å². The first-order valence-corrected chi connectivity index (χ1v) is 8.11. The molecular formula is C18H22ClNO3. The average Bonchev–Trinajstić information content (AvgIpc) is 2.94. The molecule has 1 heterocycles. The molecular weight excluding hydrogens is 314 g/mol. The Morgan fingerprint density at radius 2 is 1.91 bits per heavy atom. The van der Waals surface area contributed by atoms with Crippen molar-refractivity contribution in [3.63, 3.8) is 0 Å². The van der Waals surface area contributed by atoms with Gasteiger partial charge in [-0.3, -0.25) is 9.69 Å². The summed E-state index contributed by atoms with van der Waals surface area (Å²) in [5.41, 5.74) is 0.330. The number of carbonyl (C=O) groups is 2. The monoisotopic (exact) mass is 335 g/mol. The molecule has 0 radical (unpaired) electrons. The van der Waals surface area contributed by atoms with E-state index in [1.54, 1.807) is 18.2 Å². The molecule has 1 saturated heterocycles. The maximum Gasteiger partial charge on any atom is 0.410 e. The van der Waals surface area contributed by atoms with E-state index in [1.807, 2.05) is 32.9 Å². The zero-order valence-corrected chi connectivity index (χ0v) is 14.5. The number of rotatable bonds is 3. The molecule has 1 aliphatic heterocycles. The van der Waals surface area contributed by atoms with Crippen LogP contribution in [0.2, 0.25) is 5.02 Å². The molecule has 1 aromatic rings. The molecule has 1 aliphatic rings. The first-order valence-electron chi connectivity index (χ1n) is 7.73. The van der Waals surface area contributed by atoms with E-state index < -0.39 is 17.7 Å². The third-order valence-corrected chi connectivity index (χ3v) is 3.77. The van der Waals surface area contributed by atoms with Gasteiger partial charge in [0.05, 0.1) is 6.04 Å². The van der Waals surface area contributed by atoms with Crippen LogP contribution in [0, 0.1) is 0 Å². The second kappa shape index (κ2) is 7.18. The second-order valence-corrected chi connectivity index (χ2v) is 7.06. The average molecular weight is 336 g/mol. The highest BCUT2D eigenvalue weighted by molar-refractivity contribution is 6.30. The van der Waals surface area contributed by atoms with Crippen molar-refractivity contribution in [3.05, 3.63) is 40.9 Å². The molecule has 1 amide bonds. The van der Waals surface area contributed by atoms with Crippen LogP contribution >= 0.6 is 11.6 Å². The minimum atomic E-state index is -0.563. The standard InChI is InChI=1S/C18H22ClNO3/c1-18(2,3)23-17(22)20-12-4-5-15(20)16(21)11-8-13-6-9-14(19)10-7-13/h6-11,15H,4-5,12H2,1-3H3/b11-8+. The first-order chi connectivity index (χ1) is 10.8. The molecule has 4 nitrogen and oxygen atoms in total. The summed E-state index contributed by atoms with van der Waals surface area (Å²) in [6.45, 7) is 6.01. The lowest BCUT2D eigenvalue weighted by molar-refractivity contribution is -0.118. The van der Waals surface area contributed by atoms with E-state index in [1.165, 1.54) is 11.0 Å². The van der Waals surface area contributed by atoms with Crippen molar-refractivity contribution in [2.24, 2.45) is 0 Å². The fourth-order valence-electron chi connectivity index (χ4n) is 2.46. The van der Waals surface area contributed by atoms with E-state index in [-0.39, 0.29) is 5.78 Å². The number of amides is 1. The van der Waals surface area contributed by atoms with Gasteiger partial charge in [0, 0.05) is 11.6 Å². The number of ketones is 1.